The van der Waals surface area contributed by atoms with E-state index in [1.807, 2.05) is 6.07 Å². The Morgan fingerprint density at radius 3 is 2.43 bits per heavy atom. The zero-order valence-electron chi connectivity index (χ0n) is 12.9. The Morgan fingerprint density at radius 2 is 1.83 bits per heavy atom. The molecule has 6 heteroatoms. The SMILES string of the molecule is CC(=O)c1cccc(Nc2ccc(NC(=O)C3CCC3)nn2)c1. The van der Waals surface area contributed by atoms with Gasteiger partial charge in [-0.05, 0) is 44.0 Å². The Balaban J connectivity index is 1.64. The molecule has 0 atom stereocenters. The summed E-state index contributed by atoms with van der Waals surface area (Å²) in [5, 5.41) is 13.9. The minimum absolute atomic E-state index is 0.00814. The molecule has 118 valence electrons. The Kier molecular flexibility index (Phi) is 4.32. The summed E-state index contributed by atoms with van der Waals surface area (Å²) in [5.41, 5.74) is 1.39. The number of anilines is 3. The van der Waals surface area contributed by atoms with E-state index in [0.717, 1.165) is 24.9 Å². The molecule has 1 amide bonds. The minimum Gasteiger partial charge on any atom is -0.339 e. The van der Waals surface area contributed by atoms with Crippen molar-refractivity contribution in [2.24, 2.45) is 5.92 Å². The van der Waals surface area contributed by atoms with Crippen molar-refractivity contribution in [3.05, 3.63) is 42.0 Å². The second-order valence-corrected chi connectivity index (χ2v) is 5.68. The van der Waals surface area contributed by atoms with Crippen LogP contribution < -0.4 is 10.6 Å². The maximum atomic E-state index is 11.8. The molecule has 2 aromatic rings. The summed E-state index contributed by atoms with van der Waals surface area (Å²) >= 11 is 0. The van der Waals surface area contributed by atoms with Gasteiger partial charge in [0.2, 0.25) is 5.91 Å². The Hall–Kier alpha value is -2.76. The number of amides is 1. The molecule has 0 unspecified atom stereocenters. The summed E-state index contributed by atoms with van der Waals surface area (Å²) in [6, 6.07) is 10.6. The molecule has 1 saturated carbocycles. The number of nitrogens with zero attached hydrogens (tertiary/aromatic N) is 2. The molecule has 1 aromatic heterocycles. The fourth-order valence-electron chi connectivity index (χ4n) is 2.33. The zero-order chi connectivity index (χ0) is 16.2. The fourth-order valence-corrected chi connectivity index (χ4v) is 2.33. The van der Waals surface area contributed by atoms with Gasteiger partial charge in [0, 0.05) is 17.2 Å². The average molecular weight is 310 g/mol. The lowest BCUT2D eigenvalue weighted by molar-refractivity contribution is -0.122. The molecule has 1 fully saturated rings. The fraction of sp³-hybridized carbons (Fsp3) is 0.294. The van der Waals surface area contributed by atoms with Gasteiger partial charge in [0.1, 0.15) is 0 Å². The van der Waals surface area contributed by atoms with Gasteiger partial charge in [-0.2, -0.15) is 0 Å². The van der Waals surface area contributed by atoms with Crippen LogP contribution in [0.25, 0.3) is 0 Å². The normalized spacial score (nSPS) is 14.0. The van der Waals surface area contributed by atoms with Gasteiger partial charge in [0.15, 0.2) is 17.4 Å². The van der Waals surface area contributed by atoms with Crippen molar-refractivity contribution in [1.29, 1.82) is 0 Å². The summed E-state index contributed by atoms with van der Waals surface area (Å²) in [6.07, 6.45) is 3.02. The van der Waals surface area contributed by atoms with Crippen LogP contribution in [-0.4, -0.2) is 21.9 Å². The van der Waals surface area contributed by atoms with E-state index in [0.29, 0.717) is 17.2 Å². The first-order chi connectivity index (χ1) is 11.1. The number of carbonyl (C=O) groups excluding carboxylic acids is 2. The van der Waals surface area contributed by atoms with Crippen LogP contribution in [-0.2, 0) is 4.79 Å². The molecule has 0 spiro atoms. The second kappa shape index (κ2) is 6.56. The number of hydrogen-bond donors (Lipinski definition) is 2. The van der Waals surface area contributed by atoms with Gasteiger partial charge < -0.3 is 10.6 Å². The van der Waals surface area contributed by atoms with Crippen LogP contribution in [0.4, 0.5) is 17.3 Å². The summed E-state index contributed by atoms with van der Waals surface area (Å²) in [7, 11) is 0. The monoisotopic (exact) mass is 310 g/mol. The lowest BCUT2D eigenvalue weighted by Crippen LogP contribution is -2.28. The molecule has 1 heterocycles. The molecule has 0 saturated heterocycles. The van der Waals surface area contributed by atoms with E-state index in [1.54, 1.807) is 30.3 Å². The van der Waals surface area contributed by atoms with Gasteiger partial charge in [-0.15, -0.1) is 10.2 Å². The molecule has 3 rings (SSSR count). The van der Waals surface area contributed by atoms with Crippen LogP contribution in [0, 0.1) is 5.92 Å². The lowest BCUT2D eigenvalue weighted by atomic mass is 9.85. The molecular weight excluding hydrogens is 292 g/mol. The Morgan fingerprint density at radius 1 is 1.09 bits per heavy atom. The molecule has 2 N–H and O–H groups in total. The van der Waals surface area contributed by atoms with Crippen LogP contribution in [0.2, 0.25) is 0 Å². The number of hydrogen-bond acceptors (Lipinski definition) is 5. The molecular formula is C17H18N4O2. The summed E-state index contributed by atoms with van der Waals surface area (Å²) in [6.45, 7) is 1.53. The van der Waals surface area contributed by atoms with E-state index in [1.165, 1.54) is 6.92 Å². The van der Waals surface area contributed by atoms with E-state index in [-0.39, 0.29) is 17.6 Å². The van der Waals surface area contributed by atoms with Crippen molar-refractivity contribution in [3.63, 3.8) is 0 Å². The predicted molar refractivity (Wildman–Crippen MR) is 87.7 cm³/mol. The number of aromatic nitrogens is 2. The van der Waals surface area contributed by atoms with Gasteiger partial charge in [-0.3, -0.25) is 9.59 Å². The number of ketones is 1. The van der Waals surface area contributed by atoms with Crippen LogP contribution in [0.3, 0.4) is 0 Å². The Bertz CT molecular complexity index is 724. The van der Waals surface area contributed by atoms with Crippen LogP contribution in [0.5, 0.6) is 0 Å². The first kappa shape index (κ1) is 15.1. The Labute approximate surface area is 134 Å². The van der Waals surface area contributed by atoms with Gasteiger partial charge in [-0.25, -0.2) is 0 Å². The van der Waals surface area contributed by atoms with Gasteiger partial charge in [-0.1, -0.05) is 18.6 Å². The highest BCUT2D eigenvalue weighted by Crippen LogP contribution is 2.27. The third-order valence-electron chi connectivity index (χ3n) is 3.93. The van der Waals surface area contributed by atoms with Crippen molar-refractivity contribution >= 4 is 29.0 Å². The highest BCUT2D eigenvalue weighted by atomic mass is 16.2. The van der Waals surface area contributed by atoms with Crippen LogP contribution >= 0.6 is 0 Å². The molecule has 0 bridgehead atoms. The molecule has 6 nitrogen and oxygen atoms in total. The van der Waals surface area contributed by atoms with E-state index < -0.39 is 0 Å². The maximum Gasteiger partial charge on any atom is 0.228 e. The molecule has 0 radical (unpaired) electrons. The van der Waals surface area contributed by atoms with Crippen molar-refractivity contribution in [3.8, 4) is 0 Å². The predicted octanol–water partition coefficient (Wildman–Crippen LogP) is 3.16. The lowest BCUT2D eigenvalue weighted by Gasteiger charge is -2.23. The number of Topliss-reactive ketones (excluding diaryl/α,β-unsaturated/α-hetero) is 1. The number of rotatable bonds is 5. The highest BCUT2D eigenvalue weighted by molar-refractivity contribution is 5.95. The van der Waals surface area contributed by atoms with E-state index in [2.05, 4.69) is 20.8 Å². The number of nitrogens with one attached hydrogen (secondary N) is 2. The minimum atomic E-state index is 0.00814. The molecule has 0 aliphatic heterocycles. The van der Waals surface area contributed by atoms with Crippen LogP contribution in [0.1, 0.15) is 36.5 Å². The molecule has 23 heavy (non-hydrogen) atoms. The average Bonchev–Trinajstić information content (AvgIpc) is 2.48. The zero-order valence-corrected chi connectivity index (χ0v) is 12.9. The van der Waals surface area contributed by atoms with E-state index in [9.17, 15) is 9.59 Å². The second-order valence-electron chi connectivity index (χ2n) is 5.68. The smallest absolute Gasteiger partial charge is 0.228 e. The highest BCUT2D eigenvalue weighted by Gasteiger charge is 2.25. The van der Waals surface area contributed by atoms with Crippen LogP contribution in [0.15, 0.2) is 36.4 Å². The molecule has 1 aliphatic rings. The summed E-state index contributed by atoms with van der Waals surface area (Å²) in [5.74, 6) is 1.13. The van der Waals surface area contributed by atoms with Gasteiger partial charge in [0.25, 0.3) is 0 Å². The van der Waals surface area contributed by atoms with Gasteiger partial charge in [0.05, 0.1) is 0 Å². The molecule has 1 aromatic carbocycles. The maximum absolute atomic E-state index is 11.8. The largest absolute Gasteiger partial charge is 0.339 e. The topological polar surface area (TPSA) is 84.0 Å². The summed E-state index contributed by atoms with van der Waals surface area (Å²) in [4.78, 5) is 23.2. The van der Waals surface area contributed by atoms with E-state index >= 15 is 0 Å². The first-order valence-corrected chi connectivity index (χ1v) is 7.64. The number of benzene rings is 1. The van der Waals surface area contributed by atoms with Gasteiger partial charge >= 0.3 is 0 Å². The first-order valence-electron chi connectivity index (χ1n) is 7.64. The third kappa shape index (κ3) is 3.71. The van der Waals surface area contributed by atoms with Crippen molar-refractivity contribution in [1.82, 2.24) is 10.2 Å². The molecule has 1 aliphatic carbocycles. The third-order valence-corrected chi connectivity index (χ3v) is 3.93. The quantitative estimate of drug-likeness (QED) is 0.829. The van der Waals surface area contributed by atoms with E-state index in [4.69, 9.17) is 0 Å². The van der Waals surface area contributed by atoms with Crippen molar-refractivity contribution in [2.45, 2.75) is 26.2 Å². The number of carbonyl (C=O) groups is 2. The summed E-state index contributed by atoms with van der Waals surface area (Å²) < 4.78 is 0. The standard InChI is InChI=1S/C17H18N4O2/c1-11(22)13-6-3-7-14(10-13)18-15-8-9-16(21-20-15)19-17(23)12-4-2-5-12/h3,6-10,12H,2,4-5H2,1H3,(H,18,20)(H,19,21,23). The van der Waals surface area contributed by atoms with Crippen molar-refractivity contribution < 1.29 is 9.59 Å². The van der Waals surface area contributed by atoms with Crippen molar-refractivity contribution in [2.75, 3.05) is 10.6 Å².